The molecule has 0 rings (SSSR count). The van der Waals surface area contributed by atoms with Gasteiger partial charge in [0.05, 0.1) is 5.75 Å². The van der Waals surface area contributed by atoms with Gasteiger partial charge in [-0.15, -0.1) is 0 Å². The Morgan fingerprint density at radius 1 is 1.50 bits per heavy atom. The predicted molar refractivity (Wildman–Crippen MR) is 43.8 cm³/mol. The summed E-state index contributed by atoms with van der Waals surface area (Å²) in [6.45, 7) is 3.83. The Kier molecular flexibility index (Phi) is 3.64. The zero-order chi connectivity index (χ0) is 8.20. The second-order valence-corrected chi connectivity index (χ2v) is 4.67. The van der Waals surface area contributed by atoms with Crippen LogP contribution < -0.4 is 0 Å². The highest BCUT2D eigenvalue weighted by molar-refractivity contribution is 7.90. The molecule has 0 aliphatic carbocycles. The van der Waals surface area contributed by atoms with Crippen LogP contribution in [-0.2, 0) is 9.84 Å². The Labute approximate surface area is 62.9 Å². The van der Waals surface area contributed by atoms with Gasteiger partial charge in [-0.1, -0.05) is 18.6 Å². The summed E-state index contributed by atoms with van der Waals surface area (Å²) < 4.78 is 21.4. The molecule has 0 saturated carbocycles. The number of allylic oxidation sites excluding steroid dienone is 1. The van der Waals surface area contributed by atoms with E-state index in [-0.39, 0.29) is 5.75 Å². The summed E-state index contributed by atoms with van der Waals surface area (Å²) in [5.74, 6) is 0.195. The van der Waals surface area contributed by atoms with Crippen molar-refractivity contribution < 1.29 is 8.42 Å². The van der Waals surface area contributed by atoms with Crippen LogP contribution in [0.15, 0.2) is 11.6 Å². The Hall–Kier alpha value is -0.310. The van der Waals surface area contributed by atoms with E-state index in [0.29, 0.717) is 0 Å². The molecule has 0 aromatic carbocycles. The third-order valence-electron chi connectivity index (χ3n) is 1.04. The standard InChI is InChI=1S/C7H14O2S/c1-4-5-7(2)6-10(3,8)9/h5H,4,6H2,1-3H3. The minimum absolute atomic E-state index is 0.195. The molecule has 60 valence electrons. The molecule has 0 N–H and O–H groups in total. The van der Waals surface area contributed by atoms with Crippen molar-refractivity contribution in [2.24, 2.45) is 0 Å². The summed E-state index contributed by atoms with van der Waals surface area (Å²) in [4.78, 5) is 0. The average Bonchev–Trinajstić information content (AvgIpc) is 1.59. The molecule has 0 radical (unpaired) electrons. The van der Waals surface area contributed by atoms with E-state index in [4.69, 9.17) is 0 Å². The van der Waals surface area contributed by atoms with Gasteiger partial charge in [0.1, 0.15) is 0 Å². The van der Waals surface area contributed by atoms with Crippen molar-refractivity contribution in [3.8, 4) is 0 Å². The minimum atomic E-state index is -2.81. The Balaban J connectivity index is 4.05. The van der Waals surface area contributed by atoms with Crippen LogP contribution >= 0.6 is 0 Å². The molecular weight excluding hydrogens is 148 g/mol. The highest BCUT2D eigenvalue weighted by atomic mass is 32.2. The Bertz CT molecular complexity index is 212. The number of sulfone groups is 1. The molecule has 2 nitrogen and oxygen atoms in total. The largest absolute Gasteiger partial charge is 0.229 e. The van der Waals surface area contributed by atoms with Crippen molar-refractivity contribution in [3.05, 3.63) is 11.6 Å². The Morgan fingerprint density at radius 2 is 2.00 bits per heavy atom. The molecule has 3 heteroatoms. The van der Waals surface area contributed by atoms with Crippen LogP contribution in [0.1, 0.15) is 20.3 Å². The van der Waals surface area contributed by atoms with Gasteiger partial charge in [-0.25, -0.2) is 8.42 Å². The summed E-state index contributed by atoms with van der Waals surface area (Å²) in [6, 6.07) is 0. The maximum absolute atomic E-state index is 10.7. The van der Waals surface area contributed by atoms with Crippen molar-refractivity contribution in [3.63, 3.8) is 0 Å². The molecule has 10 heavy (non-hydrogen) atoms. The van der Waals surface area contributed by atoms with Crippen molar-refractivity contribution in [2.75, 3.05) is 12.0 Å². The van der Waals surface area contributed by atoms with Crippen LogP contribution in [0, 0.1) is 0 Å². The van der Waals surface area contributed by atoms with Crippen LogP contribution in [0.2, 0.25) is 0 Å². The SMILES string of the molecule is CCC=C(C)CS(C)(=O)=O. The van der Waals surface area contributed by atoms with Gasteiger partial charge in [0, 0.05) is 6.26 Å². The van der Waals surface area contributed by atoms with E-state index in [0.717, 1.165) is 12.0 Å². The van der Waals surface area contributed by atoms with E-state index in [2.05, 4.69) is 0 Å². The molecule has 0 saturated heterocycles. The number of hydrogen-bond acceptors (Lipinski definition) is 2. The average molecular weight is 162 g/mol. The molecule has 0 unspecified atom stereocenters. The van der Waals surface area contributed by atoms with E-state index in [1.54, 1.807) is 0 Å². The summed E-state index contributed by atoms with van der Waals surface area (Å²) in [7, 11) is -2.81. The van der Waals surface area contributed by atoms with Gasteiger partial charge in [0.15, 0.2) is 9.84 Å². The van der Waals surface area contributed by atoms with Gasteiger partial charge in [0.25, 0.3) is 0 Å². The van der Waals surface area contributed by atoms with E-state index < -0.39 is 9.84 Å². The first kappa shape index (κ1) is 9.69. The quantitative estimate of drug-likeness (QED) is 0.588. The number of rotatable bonds is 3. The molecule has 0 spiro atoms. The zero-order valence-electron chi connectivity index (χ0n) is 6.72. The third-order valence-corrected chi connectivity index (χ3v) is 2.02. The summed E-state index contributed by atoms with van der Waals surface area (Å²) >= 11 is 0. The summed E-state index contributed by atoms with van der Waals surface area (Å²) in [5.41, 5.74) is 0.935. The molecule has 0 atom stereocenters. The topological polar surface area (TPSA) is 34.1 Å². The van der Waals surface area contributed by atoms with Crippen LogP contribution in [0.25, 0.3) is 0 Å². The first-order chi connectivity index (χ1) is 4.45. The van der Waals surface area contributed by atoms with E-state index >= 15 is 0 Å². The summed E-state index contributed by atoms with van der Waals surface area (Å²) in [6.07, 6.45) is 4.09. The van der Waals surface area contributed by atoms with Crippen molar-refractivity contribution in [1.82, 2.24) is 0 Å². The molecule has 0 aromatic heterocycles. The predicted octanol–water partition coefficient (Wildman–Crippen LogP) is 1.39. The lowest BCUT2D eigenvalue weighted by Crippen LogP contribution is -2.03. The van der Waals surface area contributed by atoms with Crippen LogP contribution in [0.3, 0.4) is 0 Å². The third kappa shape index (κ3) is 5.82. The van der Waals surface area contributed by atoms with E-state index in [1.807, 2.05) is 19.9 Å². The van der Waals surface area contributed by atoms with E-state index in [9.17, 15) is 8.42 Å². The second kappa shape index (κ2) is 3.76. The van der Waals surface area contributed by atoms with Crippen LogP contribution in [-0.4, -0.2) is 20.4 Å². The number of hydrogen-bond donors (Lipinski definition) is 0. The second-order valence-electron chi connectivity index (χ2n) is 2.53. The van der Waals surface area contributed by atoms with Gasteiger partial charge in [-0.05, 0) is 13.3 Å². The molecule has 0 aliphatic heterocycles. The van der Waals surface area contributed by atoms with Gasteiger partial charge in [-0.3, -0.25) is 0 Å². The van der Waals surface area contributed by atoms with Crippen LogP contribution in [0.5, 0.6) is 0 Å². The first-order valence-electron chi connectivity index (χ1n) is 3.29. The van der Waals surface area contributed by atoms with Crippen molar-refractivity contribution >= 4 is 9.84 Å². The van der Waals surface area contributed by atoms with Crippen molar-refractivity contribution in [2.45, 2.75) is 20.3 Å². The van der Waals surface area contributed by atoms with Crippen LogP contribution in [0.4, 0.5) is 0 Å². The molecule has 0 aliphatic rings. The maximum atomic E-state index is 10.7. The fraction of sp³-hybridized carbons (Fsp3) is 0.714. The van der Waals surface area contributed by atoms with Crippen molar-refractivity contribution in [1.29, 1.82) is 0 Å². The van der Waals surface area contributed by atoms with Gasteiger partial charge in [0.2, 0.25) is 0 Å². The molecular formula is C7H14O2S. The highest BCUT2D eigenvalue weighted by Gasteiger charge is 2.01. The Morgan fingerprint density at radius 3 is 2.30 bits per heavy atom. The lowest BCUT2D eigenvalue weighted by Gasteiger charge is -1.96. The fourth-order valence-electron chi connectivity index (χ4n) is 0.821. The molecule has 0 heterocycles. The normalized spacial score (nSPS) is 13.7. The molecule has 0 aromatic rings. The molecule has 0 amide bonds. The smallest absolute Gasteiger partial charge is 0.151 e. The maximum Gasteiger partial charge on any atom is 0.151 e. The van der Waals surface area contributed by atoms with E-state index in [1.165, 1.54) is 6.26 Å². The lowest BCUT2D eigenvalue weighted by atomic mass is 10.3. The zero-order valence-corrected chi connectivity index (χ0v) is 7.53. The van der Waals surface area contributed by atoms with Gasteiger partial charge < -0.3 is 0 Å². The minimum Gasteiger partial charge on any atom is -0.229 e. The van der Waals surface area contributed by atoms with Gasteiger partial charge in [-0.2, -0.15) is 0 Å². The monoisotopic (exact) mass is 162 g/mol. The molecule has 0 fully saturated rings. The fourth-order valence-corrected chi connectivity index (χ4v) is 1.77. The van der Waals surface area contributed by atoms with Gasteiger partial charge >= 0.3 is 0 Å². The lowest BCUT2D eigenvalue weighted by molar-refractivity contribution is 0.604. The molecule has 0 bridgehead atoms. The highest BCUT2D eigenvalue weighted by Crippen LogP contribution is 1.98. The summed E-state index contributed by atoms with van der Waals surface area (Å²) in [5, 5.41) is 0. The first-order valence-corrected chi connectivity index (χ1v) is 5.35.